The first-order valence-electron chi connectivity index (χ1n) is 3.95. The average molecular weight is 174 g/mol. The second-order valence-corrected chi connectivity index (χ2v) is 2.94. The summed E-state index contributed by atoms with van der Waals surface area (Å²) in [6.07, 6.45) is 0. The molecule has 0 unspecified atom stereocenters. The fraction of sp³-hybridized carbons (Fsp3) is 0. The van der Waals surface area contributed by atoms with Gasteiger partial charge in [-0.15, -0.1) is 0 Å². The van der Waals surface area contributed by atoms with Gasteiger partial charge in [-0.25, -0.2) is 0 Å². The molecular formula is C10H6O3. The van der Waals surface area contributed by atoms with E-state index in [0.29, 0.717) is 11.2 Å². The summed E-state index contributed by atoms with van der Waals surface area (Å²) in [5, 5.41) is 11.2. The van der Waals surface area contributed by atoms with Crippen LogP contribution >= 0.6 is 0 Å². The van der Waals surface area contributed by atoms with Crippen LogP contribution in [-0.2, 0) is 0 Å². The van der Waals surface area contributed by atoms with Gasteiger partial charge in [-0.05, 0) is 0 Å². The molecule has 0 saturated carbocycles. The first-order chi connectivity index (χ1) is 6.36. The van der Waals surface area contributed by atoms with Crippen molar-refractivity contribution in [2.24, 2.45) is 0 Å². The Hall–Kier alpha value is -1.90. The predicted molar refractivity (Wildman–Crippen MR) is 47.7 cm³/mol. The van der Waals surface area contributed by atoms with Crippen molar-refractivity contribution in [2.75, 3.05) is 0 Å². The molecule has 0 bridgehead atoms. The lowest BCUT2D eigenvalue weighted by molar-refractivity contribution is 0.0601. The Bertz CT molecular complexity index is 574. The Morgan fingerprint density at radius 3 is 2.46 bits per heavy atom. The third-order valence-corrected chi connectivity index (χ3v) is 2.15. The molecule has 3 heteroatoms. The maximum absolute atomic E-state index is 9.57. The van der Waals surface area contributed by atoms with Gasteiger partial charge < -0.3 is 5.11 Å². The van der Waals surface area contributed by atoms with Gasteiger partial charge in [0.2, 0.25) is 11.2 Å². The zero-order valence-electron chi connectivity index (χ0n) is 6.65. The summed E-state index contributed by atoms with van der Waals surface area (Å²) in [5.41, 5.74) is 1.30. The van der Waals surface area contributed by atoms with E-state index >= 15 is 0 Å². The normalized spacial score (nSPS) is 11.4. The van der Waals surface area contributed by atoms with Crippen molar-refractivity contribution in [3.8, 4) is 5.75 Å². The topological polar surface area (TPSA) is 46.5 Å². The standard InChI is InChI=1S/C10H6O3/c11-8-5-9-10(13-12-9)7-4-2-1-3-6(7)8/h1-5,11H. The fourth-order valence-corrected chi connectivity index (χ4v) is 1.51. The third-order valence-electron chi connectivity index (χ3n) is 2.15. The Morgan fingerprint density at radius 1 is 1.00 bits per heavy atom. The van der Waals surface area contributed by atoms with Crippen LogP contribution in [0.25, 0.3) is 21.9 Å². The van der Waals surface area contributed by atoms with E-state index in [1.807, 2.05) is 24.3 Å². The molecule has 0 spiro atoms. The summed E-state index contributed by atoms with van der Waals surface area (Å²) in [6, 6.07) is 9.04. The molecule has 0 saturated heterocycles. The SMILES string of the molecule is Oc1cc2ooc2c2ccccc12. The van der Waals surface area contributed by atoms with Gasteiger partial charge in [0.15, 0.2) is 0 Å². The predicted octanol–water partition coefficient (Wildman–Crippen LogP) is 2.88. The molecular weight excluding hydrogens is 168 g/mol. The van der Waals surface area contributed by atoms with Crippen LogP contribution in [0.4, 0.5) is 0 Å². The monoisotopic (exact) mass is 174 g/mol. The lowest BCUT2D eigenvalue weighted by atomic mass is 10.1. The summed E-state index contributed by atoms with van der Waals surface area (Å²) in [7, 11) is 0. The van der Waals surface area contributed by atoms with Gasteiger partial charge in [0.25, 0.3) is 0 Å². The number of phenolic OH excluding ortho intramolecular Hbond substituents is 1. The molecule has 1 aromatic heterocycles. The minimum absolute atomic E-state index is 0.220. The van der Waals surface area contributed by atoms with Crippen molar-refractivity contribution in [3.63, 3.8) is 0 Å². The van der Waals surface area contributed by atoms with E-state index in [1.54, 1.807) is 6.07 Å². The van der Waals surface area contributed by atoms with Crippen molar-refractivity contribution in [1.82, 2.24) is 0 Å². The molecule has 1 N–H and O–H groups in total. The highest BCUT2D eigenvalue weighted by Gasteiger charge is 2.12. The molecule has 3 rings (SSSR count). The van der Waals surface area contributed by atoms with Gasteiger partial charge in [-0.2, -0.15) is 0 Å². The number of benzene rings is 2. The Morgan fingerprint density at radius 2 is 1.77 bits per heavy atom. The summed E-state index contributed by atoms with van der Waals surface area (Å²) in [6.45, 7) is 0. The quantitative estimate of drug-likeness (QED) is 0.533. The molecule has 3 nitrogen and oxygen atoms in total. The van der Waals surface area contributed by atoms with Gasteiger partial charge in [0.05, 0.1) is 0 Å². The molecule has 64 valence electrons. The van der Waals surface area contributed by atoms with Crippen LogP contribution in [0.1, 0.15) is 0 Å². The van der Waals surface area contributed by atoms with Crippen molar-refractivity contribution in [2.45, 2.75) is 0 Å². The van der Waals surface area contributed by atoms with E-state index < -0.39 is 0 Å². The zero-order chi connectivity index (χ0) is 8.84. The summed E-state index contributed by atoms with van der Waals surface area (Å²) in [5.74, 6) is 0.220. The summed E-state index contributed by atoms with van der Waals surface area (Å²) < 4.78 is 9.54. The van der Waals surface area contributed by atoms with Gasteiger partial charge in [-0.3, -0.25) is 9.15 Å². The highest BCUT2D eigenvalue weighted by atomic mass is 17.0. The molecule has 1 heterocycles. The highest BCUT2D eigenvalue weighted by molar-refractivity contribution is 6.05. The van der Waals surface area contributed by atoms with Crippen LogP contribution in [-0.4, -0.2) is 5.11 Å². The minimum atomic E-state index is 0.220. The van der Waals surface area contributed by atoms with Gasteiger partial charge in [-0.1, -0.05) is 24.3 Å². The molecule has 3 aromatic rings. The molecule has 0 radical (unpaired) electrons. The molecule has 2 aromatic carbocycles. The van der Waals surface area contributed by atoms with Crippen LogP contribution in [0.15, 0.2) is 39.5 Å². The van der Waals surface area contributed by atoms with Gasteiger partial charge in [0.1, 0.15) is 5.75 Å². The number of rotatable bonds is 0. The number of hydrogen-bond acceptors (Lipinski definition) is 3. The molecule has 0 aliphatic carbocycles. The lowest BCUT2D eigenvalue weighted by Crippen LogP contribution is -1.80. The average Bonchev–Trinajstić information content (AvgIpc) is 2.11. The Labute approximate surface area is 73.1 Å². The van der Waals surface area contributed by atoms with Crippen molar-refractivity contribution in [1.29, 1.82) is 0 Å². The Kier molecular flexibility index (Phi) is 1.05. The van der Waals surface area contributed by atoms with Crippen LogP contribution in [0.2, 0.25) is 0 Å². The van der Waals surface area contributed by atoms with E-state index in [0.717, 1.165) is 10.8 Å². The van der Waals surface area contributed by atoms with Crippen LogP contribution in [0, 0.1) is 0 Å². The molecule has 0 aliphatic rings. The molecule has 13 heavy (non-hydrogen) atoms. The first kappa shape index (κ1) is 6.60. The van der Waals surface area contributed by atoms with Crippen molar-refractivity contribution >= 4 is 21.9 Å². The van der Waals surface area contributed by atoms with Crippen LogP contribution < -0.4 is 0 Å². The molecule has 0 fully saturated rings. The number of phenols is 1. The van der Waals surface area contributed by atoms with Crippen LogP contribution in [0.3, 0.4) is 0 Å². The van der Waals surface area contributed by atoms with Crippen molar-refractivity contribution in [3.05, 3.63) is 30.3 Å². The maximum Gasteiger partial charge on any atom is 0.233 e. The van der Waals surface area contributed by atoms with Gasteiger partial charge >= 0.3 is 0 Å². The summed E-state index contributed by atoms with van der Waals surface area (Å²) in [4.78, 5) is 0. The Balaban J connectivity index is 2.63. The van der Waals surface area contributed by atoms with Gasteiger partial charge in [0, 0.05) is 16.8 Å². The smallest absolute Gasteiger partial charge is 0.233 e. The largest absolute Gasteiger partial charge is 0.507 e. The van der Waals surface area contributed by atoms with E-state index in [1.165, 1.54) is 0 Å². The number of fused-ring (bicyclic) bond motifs is 3. The molecule has 0 aliphatic heterocycles. The zero-order valence-corrected chi connectivity index (χ0v) is 6.65. The second kappa shape index (κ2) is 2.07. The highest BCUT2D eigenvalue weighted by Crippen LogP contribution is 2.34. The molecule has 0 amide bonds. The van der Waals surface area contributed by atoms with E-state index in [2.05, 4.69) is 0 Å². The van der Waals surface area contributed by atoms with Crippen LogP contribution in [0.5, 0.6) is 5.75 Å². The summed E-state index contributed by atoms with van der Waals surface area (Å²) >= 11 is 0. The van der Waals surface area contributed by atoms with E-state index in [9.17, 15) is 5.11 Å². The third kappa shape index (κ3) is 0.731. The minimum Gasteiger partial charge on any atom is -0.507 e. The fourth-order valence-electron chi connectivity index (χ4n) is 1.51. The number of hydrogen-bond donors (Lipinski definition) is 1. The van der Waals surface area contributed by atoms with E-state index in [-0.39, 0.29) is 5.75 Å². The first-order valence-corrected chi connectivity index (χ1v) is 3.95. The molecule has 0 atom stereocenters. The lowest BCUT2D eigenvalue weighted by Gasteiger charge is -2.04. The number of aromatic hydroxyl groups is 1. The second-order valence-electron chi connectivity index (χ2n) is 2.94. The van der Waals surface area contributed by atoms with Crippen molar-refractivity contribution < 1.29 is 14.3 Å². The maximum atomic E-state index is 9.57. The van der Waals surface area contributed by atoms with E-state index in [4.69, 9.17) is 9.15 Å².